The van der Waals surface area contributed by atoms with Gasteiger partial charge in [0.1, 0.15) is 0 Å². The van der Waals surface area contributed by atoms with Gasteiger partial charge in [0, 0.05) is 5.39 Å². The number of carboxylic acids is 1. The lowest BCUT2D eigenvalue weighted by Crippen LogP contribution is -2.04. The topological polar surface area (TPSA) is 68.0 Å². The first-order chi connectivity index (χ1) is 9.15. The smallest absolute Gasteiger partial charge is 0.336 e. The molecule has 0 unspecified atom stereocenters. The molecule has 0 aliphatic carbocycles. The number of aromatic nitrogens is 3. The third kappa shape index (κ3) is 2.04. The van der Waals surface area contributed by atoms with Gasteiger partial charge in [-0.25, -0.2) is 14.5 Å². The van der Waals surface area contributed by atoms with Crippen molar-refractivity contribution in [3.05, 3.63) is 53.3 Å². The lowest BCUT2D eigenvalue weighted by atomic mass is 10.1. The Morgan fingerprint density at radius 2 is 2.11 bits per heavy atom. The SMILES string of the molecule is O=C(O)c1cc(-n2cc(Cl)cn2)nc2ccccc12. The Kier molecular flexibility index (Phi) is 2.68. The molecule has 0 fully saturated rings. The summed E-state index contributed by atoms with van der Waals surface area (Å²) >= 11 is 5.80. The zero-order valence-electron chi connectivity index (χ0n) is 9.62. The summed E-state index contributed by atoms with van der Waals surface area (Å²) in [6.45, 7) is 0. The number of hydrogen-bond acceptors (Lipinski definition) is 3. The van der Waals surface area contributed by atoms with Crippen LogP contribution in [0.5, 0.6) is 0 Å². The summed E-state index contributed by atoms with van der Waals surface area (Å²) in [5.74, 6) is -0.582. The van der Waals surface area contributed by atoms with E-state index in [1.54, 1.807) is 30.5 Å². The summed E-state index contributed by atoms with van der Waals surface area (Å²) < 4.78 is 1.45. The molecule has 0 atom stereocenters. The molecule has 2 heterocycles. The van der Waals surface area contributed by atoms with E-state index >= 15 is 0 Å². The zero-order valence-corrected chi connectivity index (χ0v) is 10.4. The molecule has 2 aromatic heterocycles. The highest BCUT2D eigenvalue weighted by atomic mass is 35.5. The molecule has 0 aliphatic rings. The molecule has 1 N–H and O–H groups in total. The van der Waals surface area contributed by atoms with E-state index in [2.05, 4.69) is 10.1 Å². The third-order valence-electron chi connectivity index (χ3n) is 2.72. The average Bonchev–Trinajstić information content (AvgIpc) is 2.84. The Morgan fingerprint density at radius 1 is 1.32 bits per heavy atom. The van der Waals surface area contributed by atoms with Crippen LogP contribution in [0.4, 0.5) is 0 Å². The van der Waals surface area contributed by atoms with Crippen molar-refractivity contribution in [1.82, 2.24) is 14.8 Å². The molecule has 0 saturated carbocycles. The highest BCUT2D eigenvalue weighted by Crippen LogP contribution is 2.20. The van der Waals surface area contributed by atoms with Crippen molar-refractivity contribution in [3.63, 3.8) is 0 Å². The van der Waals surface area contributed by atoms with E-state index in [0.29, 0.717) is 21.7 Å². The lowest BCUT2D eigenvalue weighted by Gasteiger charge is -2.06. The minimum atomic E-state index is -1.00. The number of benzene rings is 1. The number of pyridine rings is 1. The van der Waals surface area contributed by atoms with Gasteiger partial charge in [0.15, 0.2) is 5.82 Å². The summed E-state index contributed by atoms with van der Waals surface area (Å²) in [7, 11) is 0. The van der Waals surface area contributed by atoms with Crippen LogP contribution in [0, 0.1) is 0 Å². The first-order valence-corrected chi connectivity index (χ1v) is 5.86. The minimum absolute atomic E-state index is 0.187. The summed E-state index contributed by atoms with van der Waals surface area (Å²) in [6.07, 6.45) is 3.04. The first-order valence-electron chi connectivity index (χ1n) is 5.49. The molecule has 0 bridgehead atoms. The second-order valence-corrected chi connectivity index (χ2v) is 4.39. The maximum Gasteiger partial charge on any atom is 0.336 e. The summed E-state index contributed by atoms with van der Waals surface area (Å²) in [4.78, 5) is 15.7. The fraction of sp³-hybridized carbons (Fsp3) is 0. The van der Waals surface area contributed by atoms with E-state index < -0.39 is 5.97 Å². The van der Waals surface area contributed by atoms with E-state index in [4.69, 9.17) is 11.6 Å². The van der Waals surface area contributed by atoms with Gasteiger partial charge in [0.25, 0.3) is 0 Å². The lowest BCUT2D eigenvalue weighted by molar-refractivity contribution is 0.0699. The van der Waals surface area contributed by atoms with Crippen LogP contribution in [-0.4, -0.2) is 25.8 Å². The maximum atomic E-state index is 11.3. The number of para-hydroxylation sites is 1. The molecule has 3 rings (SSSR count). The third-order valence-corrected chi connectivity index (χ3v) is 2.91. The molecule has 6 heteroatoms. The molecule has 5 nitrogen and oxygen atoms in total. The quantitative estimate of drug-likeness (QED) is 0.779. The number of fused-ring (bicyclic) bond motifs is 1. The van der Waals surface area contributed by atoms with Gasteiger partial charge in [-0.2, -0.15) is 5.10 Å². The highest BCUT2D eigenvalue weighted by molar-refractivity contribution is 6.30. The number of rotatable bonds is 2. The van der Waals surface area contributed by atoms with Crippen LogP contribution in [-0.2, 0) is 0 Å². The van der Waals surface area contributed by atoms with Crippen LogP contribution in [0.2, 0.25) is 5.02 Å². The van der Waals surface area contributed by atoms with Crippen molar-refractivity contribution >= 4 is 28.5 Å². The average molecular weight is 274 g/mol. The predicted molar refractivity (Wildman–Crippen MR) is 70.8 cm³/mol. The molecule has 0 spiro atoms. The minimum Gasteiger partial charge on any atom is -0.478 e. The Bertz CT molecular complexity index is 782. The van der Waals surface area contributed by atoms with Crippen molar-refractivity contribution in [2.75, 3.05) is 0 Å². The summed E-state index contributed by atoms with van der Waals surface area (Å²) in [6, 6.07) is 8.55. The van der Waals surface area contributed by atoms with E-state index in [9.17, 15) is 9.90 Å². The number of carboxylic acid groups (broad SMARTS) is 1. The second kappa shape index (κ2) is 4.37. The van der Waals surface area contributed by atoms with Gasteiger partial charge in [-0.1, -0.05) is 29.8 Å². The number of aromatic carboxylic acids is 1. The molecular formula is C13H8ClN3O2. The van der Waals surface area contributed by atoms with Gasteiger partial charge < -0.3 is 5.11 Å². The van der Waals surface area contributed by atoms with E-state index in [1.807, 2.05) is 0 Å². The van der Waals surface area contributed by atoms with Crippen molar-refractivity contribution in [2.45, 2.75) is 0 Å². The van der Waals surface area contributed by atoms with Crippen molar-refractivity contribution < 1.29 is 9.90 Å². The standard InChI is InChI=1S/C13H8ClN3O2/c14-8-6-15-17(7-8)12-5-10(13(18)19)9-3-1-2-4-11(9)16-12/h1-7H,(H,18,19). The number of nitrogens with zero attached hydrogens (tertiary/aromatic N) is 3. The van der Waals surface area contributed by atoms with Gasteiger partial charge in [0.2, 0.25) is 0 Å². The second-order valence-electron chi connectivity index (χ2n) is 3.95. The Labute approximate surface area is 113 Å². The number of hydrogen-bond donors (Lipinski definition) is 1. The van der Waals surface area contributed by atoms with Crippen LogP contribution < -0.4 is 0 Å². The summed E-state index contributed by atoms with van der Waals surface area (Å²) in [5, 5.41) is 14.4. The zero-order chi connectivity index (χ0) is 13.4. The van der Waals surface area contributed by atoms with Crippen LogP contribution >= 0.6 is 11.6 Å². The van der Waals surface area contributed by atoms with E-state index in [0.717, 1.165) is 0 Å². The summed E-state index contributed by atoms with van der Waals surface area (Å²) in [5.41, 5.74) is 0.788. The van der Waals surface area contributed by atoms with Crippen molar-refractivity contribution in [2.24, 2.45) is 0 Å². The van der Waals surface area contributed by atoms with Gasteiger partial charge in [-0.3, -0.25) is 0 Å². The van der Waals surface area contributed by atoms with Gasteiger partial charge in [0.05, 0.1) is 28.5 Å². The normalized spacial score (nSPS) is 10.8. The van der Waals surface area contributed by atoms with Crippen LogP contribution in [0.3, 0.4) is 0 Å². The molecular weight excluding hydrogens is 266 g/mol. The molecule has 1 aromatic carbocycles. The predicted octanol–water partition coefficient (Wildman–Crippen LogP) is 2.77. The van der Waals surface area contributed by atoms with Crippen LogP contribution in [0.25, 0.3) is 16.7 Å². The molecule has 0 radical (unpaired) electrons. The largest absolute Gasteiger partial charge is 0.478 e. The Balaban J connectivity index is 2.30. The fourth-order valence-electron chi connectivity index (χ4n) is 1.88. The molecule has 0 aliphatic heterocycles. The highest BCUT2D eigenvalue weighted by Gasteiger charge is 2.12. The molecule has 94 valence electrons. The number of carbonyl (C=O) groups is 1. The monoisotopic (exact) mass is 273 g/mol. The molecule has 19 heavy (non-hydrogen) atoms. The maximum absolute atomic E-state index is 11.3. The molecule has 3 aromatic rings. The fourth-order valence-corrected chi connectivity index (χ4v) is 2.02. The first kappa shape index (κ1) is 11.7. The van der Waals surface area contributed by atoms with E-state index in [1.165, 1.54) is 16.9 Å². The van der Waals surface area contributed by atoms with Crippen molar-refractivity contribution in [3.8, 4) is 5.82 Å². The number of halogens is 1. The van der Waals surface area contributed by atoms with Crippen LogP contribution in [0.1, 0.15) is 10.4 Å². The van der Waals surface area contributed by atoms with Gasteiger partial charge in [-0.15, -0.1) is 0 Å². The van der Waals surface area contributed by atoms with Crippen LogP contribution in [0.15, 0.2) is 42.7 Å². The molecule has 0 saturated heterocycles. The van der Waals surface area contributed by atoms with Gasteiger partial charge in [-0.05, 0) is 12.1 Å². The van der Waals surface area contributed by atoms with E-state index in [-0.39, 0.29) is 5.56 Å². The van der Waals surface area contributed by atoms with Crippen molar-refractivity contribution in [1.29, 1.82) is 0 Å². The Morgan fingerprint density at radius 3 is 2.79 bits per heavy atom. The van der Waals surface area contributed by atoms with Gasteiger partial charge >= 0.3 is 5.97 Å². The Hall–Kier alpha value is -2.40. The molecule has 0 amide bonds.